The summed E-state index contributed by atoms with van der Waals surface area (Å²) < 4.78 is 58.6. The van der Waals surface area contributed by atoms with Gasteiger partial charge in [0, 0.05) is 30.1 Å². The first-order chi connectivity index (χ1) is 34.4. The summed E-state index contributed by atoms with van der Waals surface area (Å²) >= 11 is 0. The first-order valence-corrected chi connectivity index (χ1v) is 24.9. The number of ether oxygens (including phenoxy) is 7. The van der Waals surface area contributed by atoms with Crippen molar-refractivity contribution in [2.75, 3.05) is 54.3 Å². The molecular weight excluding hydrogens is 924 g/mol. The van der Waals surface area contributed by atoms with Crippen LogP contribution >= 0.6 is 8.53 Å². The van der Waals surface area contributed by atoms with Gasteiger partial charge in [0.15, 0.2) is 6.29 Å². The average molecular weight is 991 g/mol. The zero-order chi connectivity index (χ0) is 50.8. The number of carbonyl (C=O) groups excluding carboxylic acids is 2. The third-order valence-corrected chi connectivity index (χ3v) is 14.2. The molecular formula is C55H67N4O11P. The number of alkyl carbamates (subject to hydrolysis) is 1. The average Bonchev–Trinajstić information content (AvgIpc) is 3.39. The van der Waals surface area contributed by atoms with Gasteiger partial charge in [-0.1, -0.05) is 91.9 Å². The van der Waals surface area contributed by atoms with E-state index in [2.05, 4.69) is 47.8 Å². The number of hydrogen-bond acceptors (Lipinski definition) is 12. The second kappa shape index (κ2) is 26.9. The molecule has 6 rings (SSSR count). The van der Waals surface area contributed by atoms with E-state index in [1.54, 1.807) is 45.6 Å². The standard InChI is InChI=1S/C55H67N4O11P/c1-38(2)59(39(3)4)71(68-32-31-56-6)70-51-40(5)49(37-66-54(61)57-36-41-17-16-22-48(35-41)64-9)69-53(50(51)58-52(60)42-18-12-10-13-19-42)65-33-34-67-55(43-20-14-11-15-21-43,44-23-27-46(62-7)28-24-44)45-25-29-47(63-8)30-26-45/h10-30,35,38-40,49-51,53H,31-34,36-37H2,1-5,7-9H3,(H,57,61)(H,58,60). The van der Waals surface area contributed by atoms with E-state index in [1.807, 2.05) is 116 Å². The van der Waals surface area contributed by atoms with Gasteiger partial charge in [0.1, 0.15) is 48.2 Å². The zero-order valence-corrected chi connectivity index (χ0v) is 42.7. The predicted molar refractivity (Wildman–Crippen MR) is 272 cm³/mol. The molecule has 1 saturated heterocycles. The number of nitrogens with zero attached hydrogens (tertiary/aromatic N) is 2. The van der Waals surface area contributed by atoms with Gasteiger partial charge < -0.3 is 57.7 Å². The van der Waals surface area contributed by atoms with Gasteiger partial charge in [0.25, 0.3) is 14.4 Å². The number of methoxy groups -OCH3 is 3. The highest BCUT2D eigenvalue weighted by molar-refractivity contribution is 7.44. The van der Waals surface area contributed by atoms with Crippen LogP contribution < -0.4 is 24.8 Å². The van der Waals surface area contributed by atoms with Gasteiger partial charge in [-0.3, -0.25) is 4.79 Å². The lowest BCUT2D eigenvalue weighted by Gasteiger charge is -2.47. The maximum absolute atomic E-state index is 14.2. The summed E-state index contributed by atoms with van der Waals surface area (Å²) in [6.45, 7) is 17.9. The first-order valence-electron chi connectivity index (χ1n) is 23.8. The Labute approximate surface area is 419 Å². The van der Waals surface area contributed by atoms with Gasteiger partial charge in [-0.05, 0) is 98.5 Å². The van der Waals surface area contributed by atoms with Crippen molar-refractivity contribution in [3.63, 3.8) is 0 Å². The Morgan fingerprint density at radius 3 is 1.92 bits per heavy atom. The molecule has 15 nitrogen and oxygen atoms in total. The molecule has 5 aromatic rings. The minimum Gasteiger partial charge on any atom is -0.497 e. The summed E-state index contributed by atoms with van der Waals surface area (Å²) in [7, 11) is 3.01. The molecule has 1 aliphatic rings. The van der Waals surface area contributed by atoms with Crippen molar-refractivity contribution in [3.05, 3.63) is 173 Å². The van der Waals surface area contributed by atoms with Crippen LogP contribution in [0.1, 0.15) is 67.2 Å². The molecule has 71 heavy (non-hydrogen) atoms. The number of rotatable bonds is 25. The van der Waals surface area contributed by atoms with Crippen molar-refractivity contribution in [1.29, 1.82) is 0 Å². The van der Waals surface area contributed by atoms with E-state index in [9.17, 15) is 9.59 Å². The monoisotopic (exact) mass is 990 g/mol. The van der Waals surface area contributed by atoms with Crippen LogP contribution in [0.15, 0.2) is 133 Å². The SMILES string of the molecule is [C-]#[N+]CCOP(OC1C(C)C(COC(=O)NCc2cccc(OC)c2)OC(OCCOC(c2ccccc2)(c2ccc(OC)cc2)c2ccc(OC)cc2)C1NC(=O)c1ccccc1)N(C(C)C)C(C)C. The lowest BCUT2D eigenvalue weighted by atomic mass is 9.80. The topological polar surface area (TPSA) is 149 Å². The van der Waals surface area contributed by atoms with Crippen LogP contribution in [0.25, 0.3) is 4.85 Å². The Balaban J connectivity index is 1.35. The predicted octanol–water partition coefficient (Wildman–Crippen LogP) is 9.79. The third-order valence-electron chi connectivity index (χ3n) is 12.1. The second-order valence-electron chi connectivity index (χ2n) is 17.4. The summed E-state index contributed by atoms with van der Waals surface area (Å²) in [5.74, 6) is 1.16. The van der Waals surface area contributed by atoms with Gasteiger partial charge >= 0.3 is 6.09 Å². The van der Waals surface area contributed by atoms with Crippen molar-refractivity contribution in [2.45, 2.75) is 83.4 Å². The van der Waals surface area contributed by atoms with Gasteiger partial charge in [-0.2, -0.15) is 0 Å². The molecule has 6 unspecified atom stereocenters. The lowest BCUT2D eigenvalue weighted by Crippen LogP contribution is -2.63. The van der Waals surface area contributed by atoms with E-state index in [1.165, 1.54) is 0 Å². The number of hydrogen-bond donors (Lipinski definition) is 2. The number of carbonyl (C=O) groups is 2. The molecule has 0 bridgehead atoms. The fourth-order valence-electron chi connectivity index (χ4n) is 8.54. The largest absolute Gasteiger partial charge is 0.497 e. The lowest BCUT2D eigenvalue weighted by molar-refractivity contribution is -0.254. The summed E-state index contributed by atoms with van der Waals surface area (Å²) in [6.07, 6.45) is -3.42. The molecule has 0 radical (unpaired) electrons. The highest BCUT2D eigenvalue weighted by Crippen LogP contribution is 2.50. The van der Waals surface area contributed by atoms with Crippen molar-refractivity contribution in [2.24, 2.45) is 5.92 Å². The molecule has 2 N–H and O–H groups in total. The molecule has 6 atom stereocenters. The van der Waals surface area contributed by atoms with Crippen molar-refractivity contribution >= 4 is 20.5 Å². The van der Waals surface area contributed by atoms with Crippen molar-refractivity contribution in [1.82, 2.24) is 15.3 Å². The Morgan fingerprint density at radius 1 is 0.746 bits per heavy atom. The summed E-state index contributed by atoms with van der Waals surface area (Å²) in [6, 6.07) is 40.7. The van der Waals surface area contributed by atoms with E-state index in [4.69, 9.17) is 48.8 Å². The van der Waals surface area contributed by atoms with Gasteiger partial charge in [-0.15, -0.1) is 0 Å². The summed E-state index contributed by atoms with van der Waals surface area (Å²) in [5, 5.41) is 6.02. The van der Waals surface area contributed by atoms with Gasteiger partial charge in [-0.25, -0.2) is 16.0 Å². The maximum atomic E-state index is 14.2. The highest BCUT2D eigenvalue weighted by Gasteiger charge is 2.49. The molecule has 2 amide bonds. The van der Waals surface area contributed by atoms with E-state index < -0.39 is 50.7 Å². The minimum atomic E-state index is -1.83. The summed E-state index contributed by atoms with van der Waals surface area (Å²) in [5.41, 5.74) is 2.66. The van der Waals surface area contributed by atoms with Crippen LogP contribution in [0.5, 0.6) is 17.2 Å². The van der Waals surface area contributed by atoms with Crippen LogP contribution in [-0.4, -0.2) is 108 Å². The van der Waals surface area contributed by atoms with Crippen LogP contribution in [0.2, 0.25) is 0 Å². The number of benzene rings is 5. The van der Waals surface area contributed by atoms with E-state index >= 15 is 0 Å². The molecule has 0 spiro atoms. The maximum Gasteiger partial charge on any atom is 0.407 e. The fraction of sp³-hybridized carbons (Fsp3) is 0.400. The Hall–Kier alpha value is -6.08. The zero-order valence-electron chi connectivity index (χ0n) is 41.8. The Morgan fingerprint density at radius 2 is 1.34 bits per heavy atom. The van der Waals surface area contributed by atoms with Crippen LogP contribution in [-0.2, 0) is 40.1 Å². The van der Waals surface area contributed by atoms with Crippen LogP contribution in [0.4, 0.5) is 4.79 Å². The molecule has 378 valence electrons. The normalized spacial score (nSPS) is 18.4. The molecule has 0 saturated carbocycles. The second-order valence-corrected chi connectivity index (χ2v) is 18.8. The molecule has 1 fully saturated rings. The fourth-order valence-corrected chi connectivity index (χ4v) is 10.4. The summed E-state index contributed by atoms with van der Waals surface area (Å²) in [4.78, 5) is 31.1. The van der Waals surface area contributed by atoms with E-state index in [0.717, 1.165) is 22.3 Å². The van der Waals surface area contributed by atoms with E-state index in [-0.39, 0.29) is 57.5 Å². The number of amides is 2. The number of nitrogens with one attached hydrogen (secondary N) is 2. The highest BCUT2D eigenvalue weighted by atomic mass is 31.2. The van der Waals surface area contributed by atoms with Crippen LogP contribution in [0, 0.1) is 12.5 Å². The Kier molecular flexibility index (Phi) is 20.6. The van der Waals surface area contributed by atoms with E-state index in [0.29, 0.717) is 22.8 Å². The first kappa shape index (κ1) is 54.3. The van der Waals surface area contributed by atoms with Crippen molar-refractivity contribution in [3.8, 4) is 17.2 Å². The van der Waals surface area contributed by atoms with Crippen molar-refractivity contribution < 1.29 is 51.8 Å². The molecule has 1 aliphatic heterocycles. The molecule has 0 aromatic heterocycles. The van der Waals surface area contributed by atoms with Crippen LogP contribution in [0.3, 0.4) is 0 Å². The molecule has 5 aromatic carbocycles. The van der Waals surface area contributed by atoms with Gasteiger partial charge in [0.05, 0.1) is 40.6 Å². The minimum absolute atomic E-state index is 0.0144. The molecule has 0 aliphatic carbocycles. The third kappa shape index (κ3) is 14.3. The molecule has 1 heterocycles. The smallest absolute Gasteiger partial charge is 0.407 e. The van der Waals surface area contributed by atoms with Gasteiger partial charge in [0.2, 0.25) is 6.54 Å². The Bertz CT molecular complexity index is 2390. The molecule has 16 heteroatoms. The quantitative estimate of drug-likeness (QED) is 0.0248.